The third kappa shape index (κ3) is 3.08. The van der Waals surface area contributed by atoms with Crippen molar-refractivity contribution in [3.63, 3.8) is 0 Å². The van der Waals surface area contributed by atoms with Gasteiger partial charge in [0.25, 0.3) is 0 Å². The standard InChI is InChI=1S/C18H18N4O/c1-11(2)5-15(20)17-7-13(8-19)14-6-12(3-4-16(14)22-17)18-9-21-10-23-18/h3-4,6-7,9-11,15H,5,20H2,1-2H3/t15-/m1/s1. The van der Waals surface area contributed by atoms with Crippen molar-refractivity contribution in [2.24, 2.45) is 11.7 Å². The molecule has 0 radical (unpaired) electrons. The summed E-state index contributed by atoms with van der Waals surface area (Å²) in [5, 5.41) is 10.3. The van der Waals surface area contributed by atoms with Gasteiger partial charge >= 0.3 is 0 Å². The molecule has 0 saturated heterocycles. The summed E-state index contributed by atoms with van der Waals surface area (Å²) in [7, 11) is 0. The number of hydrogen-bond acceptors (Lipinski definition) is 5. The minimum atomic E-state index is -0.166. The summed E-state index contributed by atoms with van der Waals surface area (Å²) in [5.74, 6) is 1.14. The van der Waals surface area contributed by atoms with Crippen LogP contribution in [-0.2, 0) is 0 Å². The number of hydrogen-bond donors (Lipinski definition) is 1. The largest absolute Gasteiger partial charge is 0.444 e. The van der Waals surface area contributed by atoms with Crippen LogP contribution in [0.3, 0.4) is 0 Å². The first-order valence-corrected chi connectivity index (χ1v) is 7.57. The van der Waals surface area contributed by atoms with Crippen LogP contribution in [0.4, 0.5) is 0 Å². The van der Waals surface area contributed by atoms with Crippen molar-refractivity contribution < 1.29 is 4.42 Å². The molecule has 23 heavy (non-hydrogen) atoms. The molecule has 1 aromatic carbocycles. The number of aromatic nitrogens is 2. The van der Waals surface area contributed by atoms with E-state index in [0.717, 1.165) is 28.6 Å². The predicted molar refractivity (Wildman–Crippen MR) is 88.3 cm³/mol. The first kappa shape index (κ1) is 15.2. The van der Waals surface area contributed by atoms with Gasteiger partial charge in [0.1, 0.15) is 0 Å². The Morgan fingerprint density at radius 2 is 2.13 bits per heavy atom. The van der Waals surface area contributed by atoms with Gasteiger partial charge < -0.3 is 10.2 Å². The van der Waals surface area contributed by atoms with E-state index in [1.807, 2.05) is 18.2 Å². The van der Waals surface area contributed by atoms with Crippen molar-refractivity contribution in [2.75, 3.05) is 0 Å². The topological polar surface area (TPSA) is 88.7 Å². The van der Waals surface area contributed by atoms with Gasteiger partial charge in [-0.05, 0) is 36.6 Å². The van der Waals surface area contributed by atoms with Crippen LogP contribution in [-0.4, -0.2) is 9.97 Å². The smallest absolute Gasteiger partial charge is 0.181 e. The Bertz CT molecular complexity index is 863. The highest BCUT2D eigenvalue weighted by atomic mass is 16.3. The van der Waals surface area contributed by atoms with E-state index in [9.17, 15) is 5.26 Å². The summed E-state index contributed by atoms with van der Waals surface area (Å²) >= 11 is 0. The first-order valence-electron chi connectivity index (χ1n) is 7.57. The number of rotatable bonds is 4. The second-order valence-electron chi connectivity index (χ2n) is 6.04. The lowest BCUT2D eigenvalue weighted by atomic mass is 9.98. The zero-order valence-corrected chi connectivity index (χ0v) is 13.2. The molecule has 0 spiro atoms. The molecule has 0 aliphatic heterocycles. The molecule has 1 atom stereocenters. The molecule has 116 valence electrons. The van der Waals surface area contributed by atoms with Gasteiger partial charge in [-0.15, -0.1) is 0 Å². The van der Waals surface area contributed by atoms with Crippen LogP contribution in [0.2, 0.25) is 0 Å². The summed E-state index contributed by atoms with van der Waals surface area (Å²) in [6, 6.07) is 9.58. The molecule has 0 bridgehead atoms. The summed E-state index contributed by atoms with van der Waals surface area (Å²) in [6.07, 6.45) is 3.87. The summed E-state index contributed by atoms with van der Waals surface area (Å²) < 4.78 is 5.31. The minimum Gasteiger partial charge on any atom is -0.444 e. The van der Waals surface area contributed by atoms with E-state index in [1.165, 1.54) is 6.39 Å². The maximum absolute atomic E-state index is 9.49. The van der Waals surface area contributed by atoms with Crippen molar-refractivity contribution in [3.8, 4) is 17.4 Å². The third-order valence-corrected chi connectivity index (χ3v) is 3.77. The molecule has 0 aliphatic carbocycles. The molecule has 0 unspecified atom stereocenters. The molecule has 5 nitrogen and oxygen atoms in total. The number of fused-ring (bicyclic) bond motifs is 1. The van der Waals surface area contributed by atoms with Crippen LogP contribution in [0.1, 0.15) is 37.6 Å². The van der Waals surface area contributed by atoms with Crippen LogP contribution >= 0.6 is 0 Å². The Labute approximate surface area is 134 Å². The molecular formula is C18H18N4O. The first-order chi connectivity index (χ1) is 11.1. The van der Waals surface area contributed by atoms with E-state index in [1.54, 1.807) is 12.3 Å². The average Bonchev–Trinajstić information content (AvgIpc) is 3.07. The van der Waals surface area contributed by atoms with Gasteiger partial charge in [-0.2, -0.15) is 5.26 Å². The zero-order valence-electron chi connectivity index (χ0n) is 13.2. The number of oxazole rings is 1. The second kappa shape index (κ2) is 6.19. The fraction of sp³-hybridized carbons (Fsp3) is 0.278. The van der Waals surface area contributed by atoms with Gasteiger partial charge in [-0.25, -0.2) is 4.98 Å². The summed E-state index contributed by atoms with van der Waals surface area (Å²) in [6.45, 7) is 4.24. The maximum Gasteiger partial charge on any atom is 0.181 e. The SMILES string of the molecule is CC(C)C[C@@H](N)c1cc(C#N)c2cc(-c3cnco3)ccc2n1. The average molecular weight is 306 g/mol. The number of benzene rings is 1. The van der Waals surface area contributed by atoms with Crippen molar-refractivity contribution in [1.29, 1.82) is 5.26 Å². The number of pyridine rings is 1. The molecule has 2 N–H and O–H groups in total. The Hall–Kier alpha value is -2.71. The molecule has 0 aliphatic rings. The normalized spacial score (nSPS) is 12.5. The molecule has 0 amide bonds. The lowest BCUT2D eigenvalue weighted by Crippen LogP contribution is -2.14. The lowest BCUT2D eigenvalue weighted by Gasteiger charge is -2.15. The summed E-state index contributed by atoms with van der Waals surface area (Å²) in [4.78, 5) is 8.56. The van der Waals surface area contributed by atoms with E-state index in [-0.39, 0.29) is 6.04 Å². The number of nitrogens with zero attached hydrogens (tertiary/aromatic N) is 3. The fourth-order valence-electron chi connectivity index (χ4n) is 2.67. The Kier molecular flexibility index (Phi) is 4.09. The van der Waals surface area contributed by atoms with Crippen LogP contribution in [0, 0.1) is 17.2 Å². The Morgan fingerprint density at radius 1 is 1.30 bits per heavy atom. The van der Waals surface area contributed by atoms with E-state index in [2.05, 4.69) is 29.9 Å². The highest BCUT2D eigenvalue weighted by Gasteiger charge is 2.14. The minimum absolute atomic E-state index is 0.166. The molecule has 3 aromatic rings. The molecule has 3 rings (SSSR count). The van der Waals surface area contributed by atoms with E-state index < -0.39 is 0 Å². The van der Waals surface area contributed by atoms with E-state index in [4.69, 9.17) is 10.2 Å². The number of nitrogens with two attached hydrogens (primary N) is 1. The Balaban J connectivity index is 2.10. The molecule has 2 heterocycles. The van der Waals surface area contributed by atoms with Gasteiger partial charge in [0.05, 0.1) is 29.0 Å². The van der Waals surface area contributed by atoms with Crippen LogP contribution in [0.25, 0.3) is 22.2 Å². The van der Waals surface area contributed by atoms with Gasteiger partial charge in [-0.3, -0.25) is 4.98 Å². The van der Waals surface area contributed by atoms with Crippen molar-refractivity contribution in [2.45, 2.75) is 26.3 Å². The van der Waals surface area contributed by atoms with Gasteiger partial charge in [0, 0.05) is 17.0 Å². The molecule has 2 aromatic heterocycles. The third-order valence-electron chi connectivity index (χ3n) is 3.77. The molecule has 5 heteroatoms. The predicted octanol–water partition coefficient (Wildman–Crippen LogP) is 3.81. The van der Waals surface area contributed by atoms with Gasteiger partial charge in [-0.1, -0.05) is 13.8 Å². The fourth-order valence-corrected chi connectivity index (χ4v) is 2.67. The monoisotopic (exact) mass is 306 g/mol. The van der Waals surface area contributed by atoms with Crippen LogP contribution in [0.5, 0.6) is 0 Å². The maximum atomic E-state index is 9.49. The highest BCUT2D eigenvalue weighted by Crippen LogP contribution is 2.28. The Morgan fingerprint density at radius 3 is 2.78 bits per heavy atom. The molecular weight excluding hydrogens is 288 g/mol. The molecule has 0 fully saturated rings. The lowest BCUT2D eigenvalue weighted by molar-refractivity contribution is 0.503. The van der Waals surface area contributed by atoms with Crippen molar-refractivity contribution in [3.05, 3.63) is 48.1 Å². The second-order valence-corrected chi connectivity index (χ2v) is 6.04. The van der Waals surface area contributed by atoms with E-state index in [0.29, 0.717) is 17.2 Å². The van der Waals surface area contributed by atoms with E-state index >= 15 is 0 Å². The zero-order chi connectivity index (χ0) is 16.4. The van der Waals surface area contributed by atoms with Gasteiger partial charge in [0.15, 0.2) is 12.2 Å². The van der Waals surface area contributed by atoms with Crippen LogP contribution < -0.4 is 5.73 Å². The van der Waals surface area contributed by atoms with Crippen molar-refractivity contribution in [1.82, 2.24) is 9.97 Å². The van der Waals surface area contributed by atoms with Crippen LogP contribution in [0.15, 0.2) is 41.3 Å². The number of nitriles is 1. The quantitative estimate of drug-likeness (QED) is 0.791. The summed E-state index contributed by atoms with van der Waals surface area (Å²) in [5.41, 5.74) is 9.19. The molecule has 0 saturated carbocycles. The van der Waals surface area contributed by atoms with Gasteiger partial charge in [0.2, 0.25) is 0 Å². The van der Waals surface area contributed by atoms with Crippen molar-refractivity contribution >= 4 is 10.9 Å². The highest BCUT2D eigenvalue weighted by molar-refractivity contribution is 5.88.